The van der Waals surface area contributed by atoms with E-state index in [0.717, 1.165) is 25.0 Å². The normalized spacial score (nSPS) is 41.9. The summed E-state index contributed by atoms with van der Waals surface area (Å²) in [5, 5.41) is 23.0. The maximum atomic E-state index is 13.2. The number of hydrogen-bond acceptors (Lipinski definition) is 7. The molecule has 3 aliphatic carbocycles. The zero-order valence-electron chi connectivity index (χ0n) is 24.0. The van der Waals surface area contributed by atoms with Gasteiger partial charge in [-0.2, -0.15) is 0 Å². The molecule has 39 heavy (non-hydrogen) atoms. The second-order valence-electron chi connectivity index (χ2n) is 13.2. The van der Waals surface area contributed by atoms with Gasteiger partial charge in [-0.15, -0.1) is 0 Å². The van der Waals surface area contributed by atoms with Crippen LogP contribution in [0.25, 0.3) is 0 Å². The predicted molar refractivity (Wildman–Crippen MR) is 146 cm³/mol. The minimum absolute atomic E-state index is 0.0743. The van der Waals surface area contributed by atoms with E-state index >= 15 is 0 Å². The Bertz CT molecular complexity index is 1210. The second kappa shape index (κ2) is 9.84. The van der Waals surface area contributed by atoms with Gasteiger partial charge in [-0.1, -0.05) is 45.1 Å². The monoisotopic (exact) mass is 537 g/mol. The van der Waals surface area contributed by atoms with Gasteiger partial charge in [0, 0.05) is 17.5 Å². The predicted octanol–water partition coefficient (Wildman–Crippen LogP) is 4.80. The lowest BCUT2D eigenvalue weighted by molar-refractivity contribution is -0.209. The molecule has 0 spiro atoms. The Kier molecular flexibility index (Phi) is 7.08. The Morgan fingerprint density at radius 2 is 1.92 bits per heavy atom. The smallest absolute Gasteiger partial charge is 0.357 e. The molecule has 1 saturated heterocycles. The SMILES string of the molecule is C=C1C2CC3C(C(C)C)C(OC(=O)c4cccc(C)n4)CC3(C)CC2C(C)=CCC2C(C)OC(=O)C(O)C12O. The van der Waals surface area contributed by atoms with E-state index in [9.17, 15) is 19.8 Å². The van der Waals surface area contributed by atoms with E-state index < -0.39 is 35.7 Å². The number of aliphatic hydroxyl groups excluding tert-OH is 1. The summed E-state index contributed by atoms with van der Waals surface area (Å²) in [5.41, 5.74) is 1.05. The lowest BCUT2D eigenvalue weighted by Crippen LogP contribution is -2.63. The van der Waals surface area contributed by atoms with Crippen molar-refractivity contribution in [2.45, 2.75) is 91.1 Å². The van der Waals surface area contributed by atoms with Gasteiger partial charge in [0.25, 0.3) is 0 Å². The summed E-state index contributed by atoms with van der Waals surface area (Å²) in [7, 11) is 0. The summed E-state index contributed by atoms with van der Waals surface area (Å²) in [6, 6.07) is 5.37. The zero-order chi connectivity index (χ0) is 28.4. The molecule has 5 rings (SSSR count). The molecule has 1 aliphatic heterocycles. The Morgan fingerprint density at radius 3 is 2.59 bits per heavy atom. The maximum Gasteiger partial charge on any atom is 0.357 e. The fourth-order valence-corrected chi connectivity index (χ4v) is 8.58. The van der Waals surface area contributed by atoms with Crippen molar-refractivity contribution in [2.75, 3.05) is 0 Å². The topological polar surface area (TPSA) is 106 Å². The van der Waals surface area contributed by atoms with Crippen LogP contribution in [0.4, 0.5) is 0 Å². The highest BCUT2D eigenvalue weighted by molar-refractivity contribution is 5.87. The molecule has 10 atom stereocenters. The van der Waals surface area contributed by atoms with Gasteiger partial charge < -0.3 is 19.7 Å². The molecular formula is C32H43NO6. The number of carbonyl (C=O) groups excluding carboxylic acids is 2. The van der Waals surface area contributed by atoms with Crippen LogP contribution >= 0.6 is 0 Å². The molecular weight excluding hydrogens is 494 g/mol. The first-order valence-corrected chi connectivity index (χ1v) is 14.4. The van der Waals surface area contributed by atoms with E-state index in [1.165, 1.54) is 5.57 Å². The number of carbonyl (C=O) groups is 2. The summed E-state index contributed by atoms with van der Waals surface area (Å²) in [4.78, 5) is 30.1. The summed E-state index contributed by atoms with van der Waals surface area (Å²) in [6.45, 7) is 16.8. The van der Waals surface area contributed by atoms with Crippen molar-refractivity contribution >= 4 is 11.9 Å². The number of fused-ring (bicyclic) bond motifs is 3. The molecule has 2 N–H and O–H groups in total. The number of esters is 2. The highest BCUT2D eigenvalue weighted by atomic mass is 16.6. The van der Waals surface area contributed by atoms with E-state index in [-0.39, 0.29) is 41.1 Å². The third-order valence-electron chi connectivity index (χ3n) is 10.6. The Balaban J connectivity index is 1.49. The highest BCUT2D eigenvalue weighted by Crippen LogP contribution is 2.63. The number of aromatic nitrogens is 1. The third-order valence-corrected chi connectivity index (χ3v) is 10.6. The fourth-order valence-electron chi connectivity index (χ4n) is 8.58. The number of hydrogen-bond donors (Lipinski definition) is 2. The van der Waals surface area contributed by atoms with Crippen molar-refractivity contribution in [3.05, 3.63) is 53.4 Å². The minimum atomic E-state index is -1.75. The molecule has 10 unspecified atom stereocenters. The molecule has 1 aromatic heterocycles. The van der Waals surface area contributed by atoms with Crippen molar-refractivity contribution in [1.29, 1.82) is 0 Å². The van der Waals surface area contributed by atoms with E-state index in [0.29, 0.717) is 17.7 Å². The summed E-state index contributed by atoms with van der Waals surface area (Å²) in [5.74, 6) is -1.05. The van der Waals surface area contributed by atoms with Crippen LogP contribution in [0.5, 0.6) is 0 Å². The standard InChI is InChI=1S/C32H43NO6/c1-16(2)27-24-13-21-19(5)32(37)23(20(6)38-30(36)28(32)34)12-11-17(3)22(21)14-31(24,7)15-26(27)39-29(35)25-10-8-9-18(4)33-25/h8-11,16,20-24,26-28,34,37H,5,12-15H2,1-4,6-7H3. The van der Waals surface area contributed by atoms with Crippen LogP contribution in [0.15, 0.2) is 42.0 Å². The van der Waals surface area contributed by atoms with Crippen molar-refractivity contribution in [3.63, 3.8) is 0 Å². The van der Waals surface area contributed by atoms with Crippen LogP contribution in [-0.2, 0) is 14.3 Å². The van der Waals surface area contributed by atoms with Crippen LogP contribution in [0.2, 0.25) is 0 Å². The van der Waals surface area contributed by atoms with Gasteiger partial charge in [0.05, 0.1) is 0 Å². The number of ether oxygens (including phenoxy) is 2. The number of pyridine rings is 1. The first-order valence-electron chi connectivity index (χ1n) is 14.4. The van der Waals surface area contributed by atoms with Crippen LogP contribution in [0.3, 0.4) is 0 Å². The van der Waals surface area contributed by atoms with Crippen LogP contribution in [0, 0.1) is 47.8 Å². The number of aryl methyl sites for hydroxylation is 1. The second-order valence-corrected chi connectivity index (χ2v) is 13.2. The van der Waals surface area contributed by atoms with Crippen LogP contribution in [-0.4, -0.2) is 51.0 Å². The molecule has 7 heteroatoms. The van der Waals surface area contributed by atoms with Crippen molar-refractivity contribution in [3.8, 4) is 0 Å². The average molecular weight is 538 g/mol. The molecule has 212 valence electrons. The molecule has 0 amide bonds. The number of allylic oxidation sites excluding steroid dienone is 2. The minimum Gasteiger partial charge on any atom is -0.460 e. The van der Waals surface area contributed by atoms with E-state index in [1.807, 2.05) is 19.1 Å². The highest BCUT2D eigenvalue weighted by Gasteiger charge is 2.62. The Labute approximate surface area is 231 Å². The lowest BCUT2D eigenvalue weighted by atomic mass is 9.53. The van der Waals surface area contributed by atoms with Crippen molar-refractivity contribution < 1.29 is 29.3 Å². The van der Waals surface area contributed by atoms with E-state index in [4.69, 9.17) is 9.47 Å². The largest absolute Gasteiger partial charge is 0.460 e. The lowest BCUT2D eigenvalue weighted by Gasteiger charge is -2.54. The zero-order valence-corrected chi connectivity index (χ0v) is 24.0. The first kappa shape index (κ1) is 28.0. The molecule has 0 aromatic carbocycles. The van der Waals surface area contributed by atoms with Crippen LogP contribution in [0.1, 0.15) is 76.5 Å². The average Bonchev–Trinajstić information content (AvgIpc) is 3.16. The quantitative estimate of drug-likeness (QED) is 0.421. The summed E-state index contributed by atoms with van der Waals surface area (Å²) in [6.07, 6.45) is 2.58. The molecule has 4 aliphatic rings. The van der Waals surface area contributed by atoms with Gasteiger partial charge in [-0.25, -0.2) is 14.6 Å². The number of rotatable bonds is 3. The molecule has 0 bridgehead atoms. The van der Waals surface area contributed by atoms with Gasteiger partial charge >= 0.3 is 11.9 Å². The number of nitrogens with zero attached hydrogens (tertiary/aromatic N) is 1. The van der Waals surface area contributed by atoms with Gasteiger partial charge in [-0.05, 0) is 93.2 Å². The van der Waals surface area contributed by atoms with Gasteiger partial charge in [0.15, 0.2) is 6.10 Å². The molecule has 2 heterocycles. The third kappa shape index (κ3) is 4.46. The summed E-state index contributed by atoms with van der Waals surface area (Å²) >= 11 is 0. The van der Waals surface area contributed by atoms with Gasteiger partial charge in [0.2, 0.25) is 0 Å². The van der Waals surface area contributed by atoms with E-state index in [1.54, 1.807) is 13.0 Å². The van der Waals surface area contributed by atoms with Gasteiger partial charge in [-0.3, -0.25) is 0 Å². The first-order chi connectivity index (χ1) is 18.3. The maximum absolute atomic E-state index is 13.2. The van der Waals surface area contributed by atoms with E-state index in [2.05, 4.69) is 45.3 Å². The summed E-state index contributed by atoms with van der Waals surface area (Å²) < 4.78 is 11.6. The number of aliphatic hydroxyl groups is 2. The Morgan fingerprint density at radius 1 is 1.21 bits per heavy atom. The molecule has 3 fully saturated rings. The molecule has 2 saturated carbocycles. The fraction of sp³-hybridized carbons (Fsp3) is 0.656. The van der Waals surface area contributed by atoms with Crippen LogP contribution < -0.4 is 0 Å². The molecule has 7 nitrogen and oxygen atoms in total. The Hall–Kier alpha value is -2.51. The van der Waals surface area contributed by atoms with Gasteiger partial charge in [0.1, 0.15) is 23.5 Å². The van der Waals surface area contributed by atoms with Crippen molar-refractivity contribution in [1.82, 2.24) is 4.98 Å². The van der Waals surface area contributed by atoms with Crippen molar-refractivity contribution in [2.24, 2.45) is 40.9 Å². The molecule has 0 radical (unpaired) electrons. The molecule has 1 aromatic rings. The number of cyclic esters (lactones) is 1.